The number of anilines is 2. The zero-order chi connectivity index (χ0) is 25.2. The van der Waals surface area contributed by atoms with Crippen molar-refractivity contribution in [1.82, 2.24) is 19.9 Å². The van der Waals surface area contributed by atoms with Gasteiger partial charge in [0.25, 0.3) is 5.91 Å². The summed E-state index contributed by atoms with van der Waals surface area (Å²) in [6.07, 6.45) is 12.5. The zero-order valence-electron chi connectivity index (χ0n) is 21.8. The van der Waals surface area contributed by atoms with Gasteiger partial charge in [0.15, 0.2) is 5.65 Å². The molecule has 3 fully saturated rings. The summed E-state index contributed by atoms with van der Waals surface area (Å²) in [4.78, 5) is 17.7. The molecule has 2 saturated carbocycles. The first-order valence-electron chi connectivity index (χ1n) is 14.0. The molecule has 2 aromatic heterocycles. The maximum Gasteiger partial charge on any atom is 0.251 e. The summed E-state index contributed by atoms with van der Waals surface area (Å²) in [5, 5.41) is 15.2. The van der Waals surface area contributed by atoms with Crippen LogP contribution in [0.5, 0.6) is 0 Å². The highest BCUT2D eigenvalue weighted by Gasteiger charge is 2.25. The molecule has 1 aromatic carbocycles. The van der Waals surface area contributed by atoms with E-state index in [1.54, 1.807) is 0 Å². The number of nitrogens with one attached hydrogen (secondary N) is 3. The lowest BCUT2D eigenvalue weighted by Gasteiger charge is -2.25. The summed E-state index contributed by atoms with van der Waals surface area (Å²) in [6, 6.07) is 8.94. The molecule has 1 aliphatic heterocycles. The van der Waals surface area contributed by atoms with Gasteiger partial charge in [-0.25, -0.2) is 4.98 Å². The van der Waals surface area contributed by atoms with Crippen molar-refractivity contribution >= 4 is 23.2 Å². The van der Waals surface area contributed by atoms with E-state index in [2.05, 4.69) is 28.1 Å². The van der Waals surface area contributed by atoms with Crippen molar-refractivity contribution in [3.63, 3.8) is 0 Å². The second-order valence-corrected chi connectivity index (χ2v) is 11.0. The van der Waals surface area contributed by atoms with E-state index in [4.69, 9.17) is 14.8 Å². The molecule has 0 bridgehead atoms. The van der Waals surface area contributed by atoms with Gasteiger partial charge in [0.05, 0.1) is 6.20 Å². The first-order chi connectivity index (χ1) is 18.1. The topological polar surface area (TPSA) is 92.6 Å². The molecule has 3 heterocycles. The summed E-state index contributed by atoms with van der Waals surface area (Å²) in [5.41, 5.74) is 4.51. The fraction of sp³-hybridized carbons (Fsp3) is 0.552. The number of hydrogen-bond donors (Lipinski definition) is 3. The van der Waals surface area contributed by atoms with Crippen molar-refractivity contribution in [1.29, 1.82) is 0 Å². The normalized spacial score (nSPS) is 19.2. The van der Waals surface area contributed by atoms with Gasteiger partial charge in [-0.2, -0.15) is 9.61 Å². The molecule has 0 spiro atoms. The number of carbonyl (C=O) groups is 1. The minimum atomic E-state index is 0.0168. The fourth-order valence-electron chi connectivity index (χ4n) is 5.60. The van der Waals surface area contributed by atoms with Crippen LogP contribution >= 0.6 is 0 Å². The Labute approximate surface area is 218 Å². The summed E-state index contributed by atoms with van der Waals surface area (Å²) < 4.78 is 7.46. The predicted octanol–water partition coefficient (Wildman–Crippen LogP) is 5.18. The van der Waals surface area contributed by atoms with Crippen molar-refractivity contribution < 1.29 is 9.53 Å². The van der Waals surface area contributed by atoms with E-state index in [9.17, 15) is 4.79 Å². The standard InChI is InChI=1S/C29H38N6O2/c1-19-15-21(7-10-24(19)29(36)33-23-8-9-23)25-18-31-35-27(30-17-20-11-13-37-14-12-20)16-26(34-28(25)35)32-22-5-3-2-4-6-22/h7,10,15-16,18,20,22-23,30H,2-6,8-9,11-14,17H2,1H3,(H,32,34)(H,33,36). The Hall–Kier alpha value is -3.13. The average Bonchev–Trinajstić information content (AvgIpc) is 3.63. The summed E-state index contributed by atoms with van der Waals surface area (Å²) >= 11 is 0. The molecule has 196 valence electrons. The van der Waals surface area contributed by atoms with Gasteiger partial charge in [-0.15, -0.1) is 0 Å². The van der Waals surface area contributed by atoms with Gasteiger partial charge in [0.2, 0.25) is 0 Å². The lowest BCUT2D eigenvalue weighted by molar-refractivity contribution is 0.0699. The van der Waals surface area contributed by atoms with E-state index in [1.165, 1.54) is 32.1 Å². The smallest absolute Gasteiger partial charge is 0.251 e. The molecule has 37 heavy (non-hydrogen) atoms. The van der Waals surface area contributed by atoms with Crippen molar-refractivity contribution in [2.45, 2.75) is 76.8 Å². The van der Waals surface area contributed by atoms with E-state index >= 15 is 0 Å². The van der Waals surface area contributed by atoms with Crippen LogP contribution in [0.25, 0.3) is 16.8 Å². The van der Waals surface area contributed by atoms with Crippen LogP contribution in [0.1, 0.15) is 73.7 Å². The maximum atomic E-state index is 12.6. The van der Waals surface area contributed by atoms with Gasteiger partial charge >= 0.3 is 0 Å². The number of ether oxygens (including phenoxy) is 1. The maximum absolute atomic E-state index is 12.6. The highest BCUT2D eigenvalue weighted by Crippen LogP contribution is 2.30. The number of hydrogen-bond acceptors (Lipinski definition) is 6. The van der Waals surface area contributed by atoms with E-state index in [0.29, 0.717) is 18.0 Å². The Balaban J connectivity index is 1.31. The fourth-order valence-corrected chi connectivity index (χ4v) is 5.60. The Bertz CT molecular complexity index is 1250. The van der Waals surface area contributed by atoms with Crippen LogP contribution in [-0.4, -0.2) is 52.3 Å². The molecule has 3 aromatic rings. The first kappa shape index (κ1) is 24.2. The van der Waals surface area contributed by atoms with Crippen LogP contribution in [0.15, 0.2) is 30.5 Å². The van der Waals surface area contributed by atoms with Gasteiger partial charge in [-0.05, 0) is 68.6 Å². The second-order valence-electron chi connectivity index (χ2n) is 11.0. The van der Waals surface area contributed by atoms with Crippen molar-refractivity contribution in [2.24, 2.45) is 5.92 Å². The van der Waals surface area contributed by atoms with E-state index in [1.807, 2.05) is 29.8 Å². The number of aryl methyl sites for hydroxylation is 1. The van der Waals surface area contributed by atoms with Crippen LogP contribution < -0.4 is 16.0 Å². The van der Waals surface area contributed by atoms with Crippen LogP contribution in [0, 0.1) is 12.8 Å². The van der Waals surface area contributed by atoms with Crippen LogP contribution in [-0.2, 0) is 4.74 Å². The van der Waals surface area contributed by atoms with Gasteiger partial charge in [-0.1, -0.05) is 31.4 Å². The number of fused-ring (bicyclic) bond motifs is 1. The summed E-state index contributed by atoms with van der Waals surface area (Å²) in [6.45, 7) is 4.57. The quantitative estimate of drug-likeness (QED) is 0.393. The van der Waals surface area contributed by atoms with Gasteiger partial charge in [0.1, 0.15) is 11.6 Å². The average molecular weight is 503 g/mol. The number of benzene rings is 1. The number of carbonyl (C=O) groups excluding carboxylic acids is 1. The molecule has 0 unspecified atom stereocenters. The third-order valence-corrected chi connectivity index (χ3v) is 8.04. The number of aromatic nitrogens is 3. The molecule has 2 aliphatic carbocycles. The van der Waals surface area contributed by atoms with Crippen molar-refractivity contribution in [3.8, 4) is 11.1 Å². The predicted molar refractivity (Wildman–Crippen MR) is 146 cm³/mol. The number of rotatable bonds is 8. The first-order valence-corrected chi connectivity index (χ1v) is 14.0. The minimum Gasteiger partial charge on any atom is -0.381 e. The minimum absolute atomic E-state index is 0.0168. The van der Waals surface area contributed by atoms with Crippen molar-refractivity contribution in [2.75, 3.05) is 30.4 Å². The Kier molecular flexibility index (Phi) is 7.00. The van der Waals surface area contributed by atoms with Crippen molar-refractivity contribution in [3.05, 3.63) is 41.6 Å². The largest absolute Gasteiger partial charge is 0.381 e. The Morgan fingerprint density at radius 2 is 1.84 bits per heavy atom. The monoisotopic (exact) mass is 502 g/mol. The molecule has 0 radical (unpaired) electrons. The molecular formula is C29H38N6O2. The third-order valence-electron chi connectivity index (χ3n) is 8.04. The van der Waals surface area contributed by atoms with Gasteiger partial charge in [0, 0.05) is 49.0 Å². The van der Waals surface area contributed by atoms with Crippen LogP contribution in [0.4, 0.5) is 11.6 Å². The molecule has 3 aliphatic rings. The lowest BCUT2D eigenvalue weighted by atomic mass is 9.95. The van der Waals surface area contributed by atoms with E-state index in [-0.39, 0.29) is 5.91 Å². The molecule has 0 atom stereocenters. The second kappa shape index (κ2) is 10.7. The lowest BCUT2D eigenvalue weighted by Crippen LogP contribution is -2.26. The number of amides is 1. The Morgan fingerprint density at radius 1 is 1.03 bits per heavy atom. The molecule has 6 rings (SSSR count). The molecule has 8 nitrogen and oxygen atoms in total. The van der Waals surface area contributed by atoms with E-state index in [0.717, 1.165) is 85.0 Å². The zero-order valence-corrected chi connectivity index (χ0v) is 21.8. The Morgan fingerprint density at radius 3 is 2.59 bits per heavy atom. The number of nitrogens with zero attached hydrogens (tertiary/aromatic N) is 3. The van der Waals surface area contributed by atoms with E-state index < -0.39 is 0 Å². The highest BCUT2D eigenvalue weighted by atomic mass is 16.5. The van der Waals surface area contributed by atoms with Gasteiger partial charge < -0.3 is 20.7 Å². The van der Waals surface area contributed by atoms with Crippen LogP contribution in [0.3, 0.4) is 0 Å². The molecule has 1 saturated heterocycles. The molecule has 8 heteroatoms. The molecule has 3 N–H and O–H groups in total. The van der Waals surface area contributed by atoms with Crippen LogP contribution in [0.2, 0.25) is 0 Å². The third kappa shape index (κ3) is 5.59. The molecular weight excluding hydrogens is 464 g/mol. The highest BCUT2D eigenvalue weighted by molar-refractivity contribution is 5.97. The summed E-state index contributed by atoms with van der Waals surface area (Å²) in [7, 11) is 0. The SMILES string of the molecule is Cc1cc(-c2cnn3c(NCC4CCOCC4)cc(NC4CCCCC4)nc23)ccc1C(=O)NC1CC1. The summed E-state index contributed by atoms with van der Waals surface area (Å²) in [5.74, 6) is 2.47. The van der Waals surface area contributed by atoms with Gasteiger partial charge in [-0.3, -0.25) is 4.79 Å². The molecule has 1 amide bonds.